The van der Waals surface area contributed by atoms with E-state index < -0.39 is 11.9 Å². The van der Waals surface area contributed by atoms with Crippen LogP contribution in [0.3, 0.4) is 0 Å². The first kappa shape index (κ1) is 34.8. The monoisotopic (exact) mass is 654 g/mol. The van der Waals surface area contributed by atoms with Crippen LogP contribution in [0.15, 0.2) is 77.7 Å². The first-order valence-corrected chi connectivity index (χ1v) is 13.4. The number of carbonyl (C=O) groups is 2. The Morgan fingerprint density at radius 2 is 1.47 bits per heavy atom. The highest BCUT2D eigenvalue weighted by molar-refractivity contribution is 6.01. The number of aromatic nitrogens is 2. The molecule has 5 rings (SSSR count). The van der Waals surface area contributed by atoms with Crippen molar-refractivity contribution in [1.82, 2.24) is 9.55 Å². The number of ether oxygens (including phenoxy) is 4. The van der Waals surface area contributed by atoms with Crippen LogP contribution in [0.5, 0.6) is 11.5 Å². The van der Waals surface area contributed by atoms with E-state index in [0.717, 1.165) is 16.2 Å². The number of nitrogens with two attached hydrogens (primary N) is 2. The molecule has 0 aliphatic rings. The summed E-state index contributed by atoms with van der Waals surface area (Å²) >= 11 is 0. The number of benzene rings is 3. The minimum absolute atomic E-state index is 0. The van der Waals surface area contributed by atoms with E-state index >= 15 is 0 Å². The lowest BCUT2D eigenvalue weighted by molar-refractivity contribution is -0.144. The first-order valence-electron chi connectivity index (χ1n) is 13.4. The smallest absolute Gasteiger partial charge is 0.320 e. The van der Waals surface area contributed by atoms with Crippen LogP contribution in [0.2, 0.25) is 0 Å². The maximum Gasteiger partial charge on any atom is 0.320 e. The second-order valence-corrected chi connectivity index (χ2v) is 9.52. The largest absolute Gasteiger partial charge is 0.493 e. The molecule has 13 heteroatoms. The number of halogens is 2. The molecule has 0 atom stereocenters. The van der Waals surface area contributed by atoms with E-state index in [1.807, 2.05) is 36.4 Å². The van der Waals surface area contributed by atoms with E-state index in [2.05, 4.69) is 4.98 Å². The third-order valence-electron chi connectivity index (χ3n) is 7.01. The number of pyridine rings is 2. The van der Waals surface area contributed by atoms with E-state index in [1.165, 1.54) is 24.9 Å². The van der Waals surface area contributed by atoms with Gasteiger partial charge < -0.3 is 30.4 Å². The van der Waals surface area contributed by atoms with E-state index in [-0.39, 0.29) is 56.7 Å². The summed E-state index contributed by atoms with van der Waals surface area (Å²) in [5.41, 5.74) is 13.9. The summed E-state index contributed by atoms with van der Waals surface area (Å²) in [5.74, 6) is 0.146. The maximum atomic E-state index is 13.1. The zero-order valence-electron chi connectivity index (χ0n) is 24.5. The van der Waals surface area contributed by atoms with E-state index in [9.17, 15) is 14.4 Å². The molecule has 0 amide bonds. The lowest BCUT2D eigenvalue weighted by atomic mass is 9.90. The minimum atomic E-state index is -0.610. The SMILES string of the molecule is COc1cc2cc(COC(=O)CN)c(COC(=O)CN)c(-c3ccnc(-n4c(=O)ccc5ccccc54)c3)c2cc1OC.Cl.Cl. The molecule has 2 aromatic heterocycles. The topological polar surface area (TPSA) is 158 Å². The molecule has 236 valence electrons. The number of esters is 2. The Hall–Kier alpha value is -4.68. The number of nitrogens with zero attached hydrogens (tertiary/aromatic N) is 2. The van der Waals surface area contributed by atoms with Crippen LogP contribution >= 0.6 is 24.8 Å². The van der Waals surface area contributed by atoms with E-state index in [1.54, 1.807) is 30.5 Å². The fourth-order valence-corrected chi connectivity index (χ4v) is 5.00. The van der Waals surface area contributed by atoms with Crippen LogP contribution < -0.4 is 26.5 Å². The molecule has 45 heavy (non-hydrogen) atoms. The van der Waals surface area contributed by atoms with Gasteiger partial charge >= 0.3 is 11.9 Å². The summed E-state index contributed by atoms with van der Waals surface area (Å²) in [6.45, 7) is -0.911. The molecule has 3 aromatic carbocycles. The van der Waals surface area contributed by atoms with Crippen molar-refractivity contribution in [2.75, 3.05) is 27.3 Å². The van der Waals surface area contributed by atoms with Crippen molar-refractivity contribution in [3.8, 4) is 28.4 Å². The highest BCUT2D eigenvalue weighted by Crippen LogP contribution is 2.41. The zero-order chi connectivity index (χ0) is 30.5. The minimum Gasteiger partial charge on any atom is -0.493 e. The van der Waals surface area contributed by atoms with Crippen molar-refractivity contribution in [1.29, 1.82) is 0 Å². The number of rotatable bonds is 10. The van der Waals surface area contributed by atoms with Crippen molar-refractivity contribution < 1.29 is 28.5 Å². The molecular weight excluding hydrogens is 623 g/mol. The number of hydrogen-bond acceptors (Lipinski definition) is 10. The number of carbonyl (C=O) groups excluding carboxylic acids is 2. The van der Waals surface area contributed by atoms with Gasteiger partial charge in [-0.25, -0.2) is 4.98 Å². The second kappa shape index (κ2) is 15.4. The normalized spacial score (nSPS) is 10.5. The maximum absolute atomic E-state index is 13.1. The standard InChI is InChI=1S/C32H30N4O7.2ClH/c1-40-26-12-21-11-22(17-42-30(38)15-33)24(18-43-31(39)16-34)32(23(21)14-27(26)41-2)20-9-10-35-28(13-20)36-25-6-4-3-5-19(25)7-8-29(36)37;;/h3-14H,15-18,33-34H2,1-2H3;2*1H. The van der Waals surface area contributed by atoms with Crippen LogP contribution in [0.1, 0.15) is 11.1 Å². The quantitative estimate of drug-likeness (QED) is 0.210. The van der Waals surface area contributed by atoms with Gasteiger partial charge in [0.1, 0.15) is 19.0 Å². The first-order chi connectivity index (χ1) is 20.9. The Bertz CT molecular complexity index is 1910. The van der Waals surface area contributed by atoms with Crippen LogP contribution in [0.4, 0.5) is 0 Å². The van der Waals surface area contributed by atoms with Gasteiger partial charge in [-0.3, -0.25) is 19.0 Å². The Balaban J connectivity index is 0.00000276. The Morgan fingerprint density at radius 3 is 2.16 bits per heavy atom. The summed E-state index contributed by atoms with van der Waals surface area (Å²) < 4.78 is 23.6. The Labute approximate surface area is 270 Å². The number of hydrogen-bond donors (Lipinski definition) is 2. The predicted molar refractivity (Wildman–Crippen MR) is 176 cm³/mol. The fourth-order valence-electron chi connectivity index (χ4n) is 5.00. The lowest BCUT2D eigenvalue weighted by Crippen LogP contribution is -2.19. The summed E-state index contributed by atoms with van der Waals surface area (Å²) in [6, 6.07) is 19.8. The van der Waals surface area contributed by atoms with E-state index in [4.69, 9.17) is 30.4 Å². The van der Waals surface area contributed by atoms with Gasteiger partial charge in [0.15, 0.2) is 11.5 Å². The summed E-state index contributed by atoms with van der Waals surface area (Å²) in [6.07, 6.45) is 1.60. The summed E-state index contributed by atoms with van der Waals surface area (Å²) in [4.78, 5) is 41.8. The van der Waals surface area contributed by atoms with Crippen LogP contribution in [0.25, 0.3) is 38.6 Å². The van der Waals surface area contributed by atoms with Gasteiger partial charge in [-0.05, 0) is 75.3 Å². The molecule has 0 radical (unpaired) electrons. The third-order valence-corrected chi connectivity index (χ3v) is 7.01. The molecule has 2 heterocycles. The second-order valence-electron chi connectivity index (χ2n) is 9.52. The number of fused-ring (bicyclic) bond motifs is 2. The van der Waals surface area contributed by atoms with Crippen molar-refractivity contribution in [3.05, 3.63) is 94.4 Å². The molecule has 0 unspecified atom stereocenters. The van der Waals surface area contributed by atoms with Gasteiger partial charge in [0.05, 0.1) is 32.8 Å². The average Bonchev–Trinajstić information content (AvgIpc) is 3.04. The molecular formula is C32H32Cl2N4O7. The molecule has 4 N–H and O–H groups in total. The van der Waals surface area contributed by atoms with Gasteiger partial charge in [-0.2, -0.15) is 0 Å². The predicted octanol–water partition coefficient (Wildman–Crippen LogP) is 4.07. The molecule has 0 saturated carbocycles. The molecule has 5 aromatic rings. The lowest BCUT2D eigenvalue weighted by Gasteiger charge is -2.20. The average molecular weight is 656 g/mol. The van der Waals surface area contributed by atoms with Crippen LogP contribution in [0, 0.1) is 0 Å². The molecule has 0 spiro atoms. The number of methoxy groups -OCH3 is 2. The molecule has 11 nitrogen and oxygen atoms in total. The Kier molecular flexibility index (Phi) is 11.9. The van der Waals surface area contributed by atoms with Gasteiger partial charge in [-0.1, -0.05) is 18.2 Å². The van der Waals surface area contributed by atoms with Crippen LogP contribution in [-0.2, 0) is 32.3 Å². The van der Waals surface area contributed by atoms with Gasteiger partial charge in [0.2, 0.25) is 0 Å². The van der Waals surface area contributed by atoms with Crippen LogP contribution in [-0.4, -0.2) is 48.8 Å². The van der Waals surface area contributed by atoms with Crippen molar-refractivity contribution in [3.63, 3.8) is 0 Å². The van der Waals surface area contributed by atoms with Crippen molar-refractivity contribution in [2.45, 2.75) is 13.2 Å². The molecule has 0 fully saturated rings. The van der Waals surface area contributed by atoms with Crippen molar-refractivity contribution >= 4 is 58.4 Å². The zero-order valence-corrected chi connectivity index (χ0v) is 26.1. The molecule has 0 aliphatic heterocycles. The number of para-hydroxylation sites is 1. The highest BCUT2D eigenvalue weighted by atomic mass is 35.5. The summed E-state index contributed by atoms with van der Waals surface area (Å²) in [7, 11) is 3.07. The molecule has 0 aliphatic carbocycles. The molecule has 0 saturated heterocycles. The Morgan fingerprint density at radius 1 is 0.800 bits per heavy atom. The summed E-state index contributed by atoms with van der Waals surface area (Å²) in [5, 5.41) is 2.34. The third kappa shape index (κ3) is 7.18. The van der Waals surface area contributed by atoms with Gasteiger partial charge in [0.25, 0.3) is 5.56 Å². The van der Waals surface area contributed by atoms with E-state index in [0.29, 0.717) is 45.1 Å². The van der Waals surface area contributed by atoms with Gasteiger partial charge in [0, 0.05) is 17.8 Å². The fraction of sp³-hybridized carbons (Fsp3) is 0.188. The highest BCUT2D eigenvalue weighted by Gasteiger charge is 2.21. The van der Waals surface area contributed by atoms with Crippen molar-refractivity contribution in [2.24, 2.45) is 11.5 Å². The van der Waals surface area contributed by atoms with Gasteiger partial charge in [-0.15, -0.1) is 24.8 Å². The molecule has 0 bridgehead atoms.